The van der Waals surface area contributed by atoms with Gasteiger partial charge in [0, 0.05) is 5.69 Å². The number of rotatable bonds is 0. The zero-order valence-corrected chi connectivity index (χ0v) is 5.37. The lowest BCUT2D eigenvalue weighted by molar-refractivity contribution is 0.340. The maximum atomic E-state index is 5.33. The second kappa shape index (κ2) is 1.67. The summed E-state index contributed by atoms with van der Waals surface area (Å²) in [6, 6.07) is 4.14. The number of hydrogen-bond acceptors (Lipinski definition) is 1. The van der Waals surface area contributed by atoms with Gasteiger partial charge in [-0.05, 0) is 18.3 Å². The molecule has 1 aromatic rings. The highest BCUT2D eigenvalue weighted by atomic mass is 16.4. The summed E-state index contributed by atoms with van der Waals surface area (Å²) < 4.78 is 7.47. The van der Waals surface area contributed by atoms with Crippen molar-refractivity contribution in [1.82, 2.24) is 4.48 Å². The van der Waals surface area contributed by atoms with Crippen molar-refractivity contribution in [2.75, 3.05) is 0 Å². The Morgan fingerprint density at radius 2 is 2.67 bits per heavy atom. The number of aromatic nitrogens is 1. The molecule has 0 radical (unpaired) electrons. The number of nitrogens with zero attached hydrogens (tertiary/aromatic N) is 1. The van der Waals surface area contributed by atoms with Crippen molar-refractivity contribution >= 4 is 14.7 Å². The van der Waals surface area contributed by atoms with Gasteiger partial charge < -0.3 is 9.13 Å². The van der Waals surface area contributed by atoms with E-state index in [9.17, 15) is 0 Å². The Bertz CT molecular complexity index is 222. The summed E-state index contributed by atoms with van der Waals surface area (Å²) in [5.41, 5.74) is 1.28. The summed E-state index contributed by atoms with van der Waals surface area (Å²) in [6.45, 7) is 1.02. The van der Waals surface area contributed by atoms with Crippen LogP contribution >= 0.6 is 0 Å². The highest BCUT2D eigenvalue weighted by molar-refractivity contribution is 6.98. The zero-order valence-electron chi connectivity index (χ0n) is 5.37. The van der Waals surface area contributed by atoms with Gasteiger partial charge in [0.15, 0.2) is 0 Å². The van der Waals surface area contributed by atoms with E-state index >= 15 is 0 Å². The van der Waals surface area contributed by atoms with Crippen LogP contribution in [-0.2, 0) is 11.3 Å². The van der Waals surface area contributed by atoms with Gasteiger partial charge in [0.25, 0.3) is 0 Å². The van der Waals surface area contributed by atoms with Crippen molar-refractivity contribution in [3.05, 3.63) is 24.0 Å². The summed E-state index contributed by atoms with van der Waals surface area (Å²) in [4.78, 5) is 0. The quantitative estimate of drug-likeness (QED) is 0.419. The van der Waals surface area contributed by atoms with Gasteiger partial charge in [0.1, 0.15) is 7.74 Å². The van der Waals surface area contributed by atoms with Gasteiger partial charge in [-0.3, -0.25) is 0 Å². The smallest absolute Gasteiger partial charge is 0.362 e. The standard InChI is InChI=1S/C5H7B2NO/c6-7-8-3-1-2-5(8)4-9-7/h1-3H,4,6H2. The van der Waals surface area contributed by atoms with Crippen molar-refractivity contribution in [1.29, 1.82) is 0 Å². The van der Waals surface area contributed by atoms with E-state index in [4.69, 9.17) is 4.65 Å². The molecule has 9 heavy (non-hydrogen) atoms. The van der Waals surface area contributed by atoms with Crippen LogP contribution in [0.3, 0.4) is 0 Å². The van der Waals surface area contributed by atoms with Gasteiger partial charge in [-0.25, -0.2) is 0 Å². The zero-order chi connectivity index (χ0) is 6.27. The molecule has 1 aliphatic rings. The molecule has 0 aromatic carbocycles. The van der Waals surface area contributed by atoms with Crippen LogP contribution in [0.2, 0.25) is 0 Å². The highest BCUT2D eigenvalue weighted by Crippen LogP contribution is 2.11. The molecule has 2 rings (SSSR count). The minimum absolute atomic E-state index is 0.245. The van der Waals surface area contributed by atoms with Crippen molar-refractivity contribution in [3.8, 4) is 0 Å². The fraction of sp³-hybridized carbons (Fsp3) is 0.200. The Hall–Kier alpha value is -0.630. The molecule has 1 aliphatic heterocycles. The minimum Gasteiger partial charge on any atom is -0.417 e. The molecule has 2 heterocycles. The molecule has 0 saturated heterocycles. The van der Waals surface area contributed by atoms with E-state index in [-0.39, 0.29) is 6.94 Å². The third kappa shape index (κ3) is 0.630. The monoisotopic (exact) mass is 119 g/mol. The molecule has 0 amide bonds. The van der Waals surface area contributed by atoms with Gasteiger partial charge in [0.2, 0.25) is 0 Å². The first-order valence-electron chi connectivity index (χ1n) is 3.15. The first-order valence-corrected chi connectivity index (χ1v) is 3.15. The third-order valence-electron chi connectivity index (χ3n) is 1.73. The van der Waals surface area contributed by atoms with Gasteiger partial charge >= 0.3 is 6.94 Å². The molecule has 4 heteroatoms. The van der Waals surface area contributed by atoms with Gasteiger partial charge in [-0.15, -0.1) is 0 Å². The van der Waals surface area contributed by atoms with Crippen molar-refractivity contribution in [2.24, 2.45) is 0 Å². The van der Waals surface area contributed by atoms with E-state index in [0.29, 0.717) is 0 Å². The lowest BCUT2D eigenvalue weighted by atomic mass is 9.58. The molecule has 0 spiro atoms. The lowest BCUT2D eigenvalue weighted by Gasteiger charge is -1.97. The molecular formula is C5H7B2NO. The maximum Gasteiger partial charge on any atom is 0.362 e. The highest BCUT2D eigenvalue weighted by Gasteiger charge is 2.20. The predicted molar refractivity (Wildman–Crippen MR) is 38.9 cm³/mol. The van der Waals surface area contributed by atoms with Crippen LogP contribution in [0.25, 0.3) is 0 Å². The van der Waals surface area contributed by atoms with E-state index in [1.165, 1.54) is 5.69 Å². The fourth-order valence-electron chi connectivity index (χ4n) is 1.19. The molecule has 1 aromatic heterocycles. The maximum absolute atomic E-state index is 5.33. The van der Waals surface area contributed by atoms with Crippen molar-refractivity contribution in [2.45, 2.75) is 6.61 Å². The molecule has 0 unspecified atom stereocenters. The molecule has 44 valence electrons. The summed E-state index contributed by atoms with van der Waals surface area (Å²) in [5, 5.41) is 0. The average Bonchev–Trinajstić information content (AvgIpc) is 2.35. The second-order valence-electron chi connectivity index (χ2n) is 2.32. The molecule has 0 aliphatic carbocycles. The predicted octanol–water partition coefficient (Wildman–Crippen LogP) is -0.516. The van der Waals surface area contributed by atoms with E-state index in [2.05, 4.69) is 18.3 Å². The van der Waals surface area contributed by atoms with Crippen molar-refractivity contribution in [3.63, 3.8) is 0 Å². The molecule has 0 fully saturated rings. The SMILES string of the molecule is BB1OCc2cccn21. The second-order valence-corrected chi connectivity index (χ2v) is 2.32. The summed E-state index contributed by atoms with van der Waals surface area (Å²) >= 11 is 0. The Morgan fingerprint density at radius 1 is 1.78 bits per heavy atom. The Labute approximate surface area is 55.3 Å². The summed E-state index contributed by atoms with van der Waals surface area (Å²) in [5.74, 6) is 0. The van der Waals surface area contributed by atoms with Crippen LogP contribution in [0.4, 0.5) is 0 Å². The van der Waals surface area contributed by atoms with Crippen LogP contribution in [0, 0.1) is 0 Å². The third-order valence-corrected chi connectivity index (χ3v) is 1.73. The Kier molecular flexibility index (Phi) is 0.962. The van der Waals surface area contributed by atoms with Crippen LogP contribution in [0.5, 0.6) is 0 Å². The topological polar surface area (TPSA) is 14.2 Å². The minimum atomic E-state index is 0.245. The normalized spacial score (nSPS) is 16.2. The van der Waals surface area contributed by atoms with Crippen LogP contribution in [0.15, 0.2) is 18.3 Å². The molecule has 2 nitrogen and oxygen atoms in total. The number of fused-ring (bicyclic) bond motifs is 1. The van der Waals surface area contributed by atoms with Crippen molar-refractivity contribution < 1.29 is 4.65 Å². The largest absolute Gasteiger partial charge is 0.417 e. The first kappa shape index (κ1) is 5.18. The first-order chi connectivity index (χ1) is 4.38. The molecule has 0 saturated carbocycles. The lowest BCUT2D eigenvalue weighted by Crippen LogP contribution is -2.21. The molecule has 0 N–H and O–H groups in total. The van der Waals surface area contributed by atoms with Crippen LogP contribution in [-0.4, -0.2) is 19.2 Å². The van der Waals surface area contributed by atoms with Crippen LogP contribution < -0.4 is 0 Å². The fourth-order valence-corrected chi connectivity index (χ4v) is 1.19. The van der Waals surface area contributed by atoms with E-state index in [0.717, 1.165) is 6.61 Å². The number of hydrogen-bond donors (Lipinski definition) is 0. The van der Waals surface area contributed by atoms with E-state index < -0.39 is 0 Å². The van der Waals surface area contributed by atoms with Gasteiger partial charge in [-0.1, -0.05) is 0 Å². The Balaban J connectivity index is 2.49. The van der Waals surface area contributed by atoms with E-state index in [1.54, 1.807) is 0 Å². The summed E-state index contributed by atoms with van der Waals surface area (Å²) in [7, 11) is 2.05. The van der Waals surface area contributed by atoms with Crippen LogP contribution in [0.1, 0.15) is 5.69 Å². The van der Waals surface area contributed by atoms with E-state index in [1.807, 2.05) is 12.3 Å². The Morgan fingerprint density at radius 3 is 3.44 bits per heavy atom. The molecule has 0 bridgehead atoms. The summed E-state index contributed by atoms with van der Waals surface area (Å²) in [6.07, 6.45) is 2.05. The molecule has 0 atom stereocenters. The average molecular weight is 119 g/mol. The van der Waals surface area contributed by atoms with Gasteiger partial charge in [-0.2, -0.15) is 0 Å². The molecular weight excluding hydrogens is 112 g/mol. The van der Waals surface area contributed by atoms with Gasteiger partial charge in [0.05, 0.1) is 6.61 Å².